The third-order valence-electron chi connectivity index (χ3n) is 13.3. The van der Waals surface area contributed by atoms with Crippen LogP contribution < -0.4 is 0 Å². The van der Waals surface area contributed by atoms with Crippen LogP contribution in [-0.4, -0.2) is 29.1 Å². The molecule has 0 saturated carbocycles. The molecule has 312 valence electrons. The molecule has 5 heterocycles. The summed E-state index contributed by atoms with van der Waals surface area (Å²) < 4.78 is 7.13. The highest BCUT2D eigenvalue weighted by Crippen LogP contribution is 2.42. The Bertz CT molecular complexity index is 4220. The number of hydrogen-bond donors (Lipinski definition) is 0. The zero-order chi connectivity index (χ0) is 44.0. The lowest BCUT2D eigenvalue weighted by molar-refractivity contribution is 0.953. The molecule has 14 rings (SSSR count). The standard InChI is InChI=1S/C60H36N6S/c1-3-13-37(14-4-1)58-62-59(38-15-5-2-6-16-38)64-60(63-58)66-53-22-12-9-19-45(53)47-26-23-39(34-55(47)66)42-31-40-17-7-8-18-44(40)48(33-42)41-24-27-54-49(32-41)46-20-10-11-21-52(46)65(54)43-25-28-56-50(35-43)51-36-61-30-29-57(51)67-56/h1-36H. The molecule has 14 aromatic rings. The Balaban J connectivity index is 0.950. The molecule has 0 aliphatic rings. The number of rotatable bonds is 6. The molecule has 0 N–H and O–H groups in total. The minimum atomic E-state index is 0.573. The fraction of sp³-hybridized carbons (Fsp3) is 0. The molecule has 5 aromatic heterocycles. The van der Waals surface area contributed by atoms with Crippen LogP contribution in [0.2, 0.25) is 0 Å². The maximum absolute atomic E-state index is 5.20. The first-order chi connectivity index (χ1) is 33.2. The Morgan fingerprint density at radius 3 is 1.75 bits per heavy atom. The quantitative estimate of drug-likeness (QED) is 0.167. The van der Waals surface area contributed by atoms with Crippen molar-refractivity contribution in [3.8, 4) is 56.7 Å². The predicted octanol–water partition coefficient (Wildman–Crippen LogP) is 15.6. The van der Waals surface area contributed by atoms with Crippen molar-refractivity contribution in [3.05, 3.63) is 219 Å². The van der Waals surface area contributed by atoms with Crippen LogP contribution >= 0.6 is 11.3 Å². The fourth-order valence-corrected chi connectivity index (χ4v) is 11.2. The van der Waals surface area contributed by atoms with Gasteiger partial charge in [0, 0.05) is 70.9 Å². The number of benzene rings is 9. The molecule has 0 fully saturated rings. The summed E-state index contributed by atoms with van der Waals surface area (Å²) in [5, 5.41) is 9.53. The van der Waals surface area contributed by atoms with Crippen molar-refractivity contribution in [3.63, 3.8) is 0 Å². The monoisotopic (exact) mass is 872 g/mol. The van der Waals surface area contributed by atoms with Gasteiger partial charge in [-0.1, -0.05) is 140 Å². The molecule has 0 atom stereocenters. The molecule has 7 heteroatoms. The van der Waals surface area contributed by atoms with E-state index in [-0.39, 0.29) is 0 Å². The lowest BCUT2D eigenvalue weighted by Crippen LogP contribution is -2.06. The number of thiophene rings is 1. The first-order valence-corrected chi connectivity index (χ1v) is 23.3. The van der Waals surface area contributed by atoms with Crippen molar-refractivity contribution in [2.45, 2.75) is 0 Å². The van der Waals surface area contributed by atoms with Crippen LogP contribution in [0.25, 0.3) is 131 Å². The van der Waals surface area contributed by atoms with Crippen molar-refractivity contribution in [2.24, 2.45) is 0 Å². The molecule has 0 aliphatic heterocycles. The van der Waals surface area contributed by atoms with Gasteiger partial charge >= 0.3 is 0 Å². The maximum Gasteiger partial charge on any atom is 0.238 e. The van der Waals surface area contributed by atoms with Crippen LogP contribution in [0.5, 0.6) is 0 Å². The first-order valence-electron chi connectivity index (χ1n) is 22.4. The van der Waals surface area contributed by atoms with Gasteiger partial charge in [0.2, 0.25) is 5.95 Å². The van der Waals surface area contributed by atoms with E-state index in [0.29, 0.717) is 17.6 Å². The summed E-state index contributed by atoms with van der Waals surface area (Å²) in [6, 6.07) is 73.8. The van der Waals surface area contributed by atoms with E-state index >= 15 is 0 Å². The van der Waals surface area contributed by atoms with E-state index in [1.807, 2.05) is 60.1 Å². The van der Waals surface area contributed by atoms with Gasteiger partial charge in [0.15, 0.2) is 11.6 Å². The van der Waals surface area contributed by atoms with Gasteiger partial charge in [-0.3, -0.25) is 9.55 Å². The molecule has 0 radical (unpaired) electrons. The van der Waals surface area contributed by atoms with Gasteiger partial charge in [0.05, 0.1) is 22.1 Å². The van der Waals surface area contributed by atoms with Crippen molar-refractivity contribution in [1.82, 2.24) is 29.1 Å². The number of fused-ring (bicyclic) bond motifs is 10. The van der Waals surface area contributed by atoms with Crippen molar-refractivity contribution in [2.75, 3.05) is 0 Å². The highest BCUT2D eigenvalue weighted by Gasteiger charge is 2.20. The topological polar surface area (TPSA) is 61.4 Å². The van der Waals surface area contributed by atoms with E-state index in [1.54, 1.807) is 0 Å². The van der Waals surface area contributed by atoms with Crippen LogP contribution in [0.4, 0.5) is 0 Å². The Labute approximate surface area is 388 Å². The third-order valence-corrected chi connectivity index (χ3v) is 14.4. The zero-order valence-electron chi connectivity index (χ0n) is 35.9. The van der Waals surface area contributed by atoms with E-state index < -0.39 is 0 Å². The normalized spacial score (nSPS) is 11.9. The number of hydrogen-bond acceptors (Lipinski definition) is 5. The molecular formula is C60H36N6S. The average Bonchev–Trinajstić information content (AvgIpc) is 4.05. The molecule has 0 spiro atoms. The smallest absolute Gasteiger partial charge is 0.238 e. The summed E-state index contributed by atoms with van der Waals surface area (Å²) in [4.78, 5) is 19.9. The van der Waals surface area contributed by atoms with Crippen LogP contribution in [0.15, 0.2) is 219 Å². The van der Waals surface area contributed by atoms with E-state index in [9.17, 15) is 0 Å². The molecule has 0 amide bonds. The SMILES string of the molecule is c1ccc(-c2nc(-c3ccccc3)nc(-n3c4ccccc4c4ccc(-c5cc(-c6ccc7c(c6)c6ccccc6n7-c6ccc7sc8ccncc8c7c6)c6ccccc6c5)cc43)n2)cc1. The van der Waals surface area contributed by atoms with E-state index in [0.717, 1.165) is 49.7 Å². The summed E-state index contributed by atoms with van der Waals surface area (Å²) in [7, 11) is 0. The molecule has 0 unspecified atom stereocenters. The highest BCUT2D eigenvalue weighted by molar-refractivity contribution is 7.25. The summed E-state index contributed by atoms with van der Waals surface area (Å²) in [5.74, 6) is 1.82. The van der Waals surface area contributed by atoms with Crippen molar-refractivity contribution < 1.29 is 0 Å². The van der Waals surface area contributed by atoms with Crippen LogP contribution in [0, 0.1) is 0 Å². The minimum absolute atomic E-state index is 0.573. The van der Waals surface area contributed by atoms with E-state index in [2.05, 4.69) is 184 Å². The van der Waals surface area contributed by atoms with Crippen molar-refractivity contribution >= 4 is 85.9 Å². The van der Waals surface area contributed by atoms with Gasteiger partial charge in [0.1, 0.15) is 0 Å². The second-order valence-corrected chi connectivity index (χ2v) is 18.2. The number of para-hydroxylation sites is 2. The molecule has 0 saturated heterocycles. The van der Waals surface area contributed by atoms with Crippen LogP contribution in [-0.2, 0) is 0 Å². The van der Waals surface area contributed by atoms with Gasteiger partial charge in [-0.25, -0.2) is 4.98 Å². The summed E-state index contributed by atoms with van der Waals surface area (Å²) >= 11 is 1.82. The average molecular weight is 873 g/mol. The molecule has 9 aromatic carbocycles. The van der Waals surface area contributed by atoms with E-state index in [4.69, 9.17) is 15.0 Å². The second-order valence-electron chi connectivity index (χ2n) is 17.1. The van der Waals surface area contributed by atoms with Crippen LogP contribution in [0.1, 0.15) is 0 Å². The fourth-order valence-electron chi connectivity index (χ4n) is 10.1. The number of nitrogens with zero attached hydrogens (tertiary/aromatic N) is 6. The maximum atomic E-state index is 5.20. The summed E-state index contributed by atoms with van der Waals surface area (Å²) in [5.41, 5.74) is 12.0. The first kappa shape index (κ1) is 37.6. The Morgan fingerprint density at radius 1 is 0.343 bits per heavy atom. The van der Waals surface area contributed by atoms with Gasteiger partial charge in [0.25, 0.3) is 0 Å². The number of pyridine rings is 1. The summed E-state index contributed by atoms with van der Waals surface area (Å²) in [6.07, 6.45) is 3.87. The van der Waals surface area contributed by atoms with Gasteiger partial charge in [-0.2, -0.15) is 9.97 Å². The van der Waals surface area contributed by atoms with Gasteiger partial charge in [-0.05, 0) is 99.8 Å². The Kier molecular flexibility index (Phi) is 8.35. The molecule has 67 heavy (non-hydrogen) atoms. The predicted molar refractivity (Wildman–Crippen MR) is 278 cm³/mol. The number of aromatic nitrogens is 6. The second kappa shape index (κ2) is 14.9. The summed E-state index contributed by atoms with van der Waals surface area (Å²) in [6.45, 7) is 0. The molecule has 0 bridgehead atoms. The van der Waals surface area contributed by atoms with Gasteiger partial charge < -0.3 is 4.57 Å². The Morgan fingerprint density at radius 2 is 0.970 bits per heavy atom. The van der Waals surface area contributed by atoms with E-state index in [1.165, 1.54) is 63.9 Å². The minimum Gasteiger partial charge on any atom is -0.309 e. The lowest BCUT2D eigenvalue weighted by atomic mass is 9.92. The lowest BCUT2D eigenvalue weighted by Gasteiger charge is -2.13. The highest BCUT2D eigenvalue weighted by atomic mass is 32.1. The largest absolute Gasteiger partial charge is 0.309 e. The van der Waals surface area contributed by atoms with Crippen LogP contribution in [0.3, 0.4) is 0 Å². The Hall–Kier alpha value is -8.78. The third kappa shape index (κ3) is 6.02. The zero-order valence-corrected chi connectivity index (χ0v) is 36.7. The molecule has 6 nitrogen and oxygen atoms in total. The molecular weight excluding hydrogens is 837 g/mol. The molecule has 0 aliphatic carbocycles. The van der Waals surface area contributed by atoms with Gasteiger partial charge in [-0.15, -0.1) is 11.3 Å². The van der Waals surface area contributed by atoms with Crippen molar-refractivity contribution in [1.29, 1.82) is 0 Å².